The number of hydrogen-bond donors (Lipinski definition) is 1. The predicted molar refractivity (Wildman–Crippen MR) is 71.4 cm³/mol. The molecule has 4 nitrogen and oxygen atoms in total. The molecule has 0 spiro atoms. The van der Waals surface area contributed by atoms with E-state index in [9.17, 15) is 4.39 Å². The summed E-state index contributed by atoms with van der Waals surface area (Å²) in [4.78, 5) is 4.22. The van der Waals surface area contributed by atoms with E-state index >= 15 is 0 Å². The van der Waals surface area contributed by atoms with Crippen molar-refractivity contribution in [2.75, 3.05) is 6.61 Å². The summed E-state index contributed by atoms with van der Waals surface area (Å²) in [6.07, 6.45) is 4.33. The van der Waals surface area contributed by atoms with Gasteiger partial charge in [0, 0.05) is 37.5 Å². The largest absolute Gasteiger partial charge is 0.493 e. The lowest BCUT2D eigenvalue weighted by Crippen LogP contribution is -2.11. The molecular formula is C14H18FN3O. The summed E-state index contributed by atoms with van der Waals surface area (Å²) < 4.78 is 20.8. The standard InChI is InChI=1S/C14H18FN3O/c1-10(16)12-9-11(15)3-4-13(12)19-8-5-14-17-6-7-18(14)2/h3-4,6-7,9-10H,5,8,16H2,1-2H3/t10-/m1/s1. The van der Waals surface area contributed by atoms with Gasteiger partial charge in [0.15, 0.2) is 0 Å². The van der Waals surface area contributed by atoms with Gasteiger partial charge in [0.05, 0.1) is 6.61 Å². The van der Waals surface area contributed by atoms with Gasteiger partial charge in [-0.25, -0.2) is 9.37 Å². The summed E-state index contributed by atoms with van der Waals surface area (Å²) in [6.45, 7) is 2.29. The predicted octanol–water partition coefficient (Wildman–Crippen LogP) is 2.20. The van der Waals surface area contributed by atoms with E-state index in [0.29, 0.717) is 24.3 Å². The number of nitrogens with two attached hydrogens (primary N) is 1. The van der Waals surface area contributed by atoms with Gasteiger partial charge < -0.3 is 15.0 Å². The maximum Gasteiger partial charge on any atom is 0.124 e. The van der Waals surface area contributed by atoms with Crippen molar-refractivity contribution in [1.29, 1.82) is 0 Å². The average Bonchev–Trinajstić information content (AvgIpc) is 2.77. The highest BCUT2D eigenvalue weighted by molar-refractivity contribution is 5.36. The molecule has 1 aromatic carbocycles. The smallest absolute Gasteiger partial charge is 0.124 e. The van der Waals surface area contributed by atoms with E-state index in [-0.39, 0.29) is 11.9 Å². The third kappa shape index (κ3) is 3.32. The van der Waals surface area contributed by atoms with Crippen molar-refractivity contribution in [3.05, 3.63) is 47.8 Å². The van der Waals surface area contributed by atoms with Gasteiger partial charge in [-0.3, -0.25) is 0 Å². The first-order chi connectivity index (χ1) is 9.08. The number of imidazole rings is 1. The molecule has 2 aromatic rings. The van der Waals surface area contributed by atoms with Crippen LogP contribution in [0.5, 0.6) is 5.75 Å². The molecule has 0 saturated heterocycles. The van der Waals surface area contributed by atoms with E-state index in [0.717, 1.165) is 5.82 Å². The molecule has 19 heavy (non-hydrogen) atoms. The number of aryl methyl sites for hydroxylation is 1. The minimum Gasteiger partial charge on any atom is -0.493 e. The number of benzene rings is 1. The monoisotopic (exact) mass is 263 g/mol. The van der Waals surface area contributed by atoms with Crippen LogP contribution in [-0.2, 0) is 13.5 Å². The molecule has 1 heterocycles. The Morgan fingerprint density at radius 3 is 2.89 bits per heavy atom. The first-order valence-electron chi connectivity index (χ1n) is 6.22. The van der Waals surface area contributed by atoms with Crippen LogP contribution in [0.1, 0.15) is 24.4 Å². The highest BCUT2D eigenvalue weighted by Crippen LogP contribution is 2.24. The van der Waals surface area contributed by atoms with E-state index in [1.165, 1.54) is 12.1 Å². The van der Waals surface area contributed by atoms with Gasteiger partial charge in [-0.1, -0.05) is 0 Å². The zero-order chi connectivity index (χ0) is 13.8. The number of aromatic nitrogens is 2. The lowest BCUT2D eigenvalue weighted by Gasteiger charge is -2.14. The molecule has 2 rings (SSSR count). The second-order valence-corrected chi connectivity index (χ2v) is 4.52. The molecule has 0 saturated carbocycles. The molecule has 0 unspecified atom stereocenters. The average molecular weight is 263 g/mol. The molecule has 0 bridgehead atoms. The number of hydrogen-bond acceptors (Lipinski definition) is 3. The summed E-state index contributed by atoms with van der Waals surface area (Å²) in [5.74, 6) is 1.28. The van der Waals surface area contributed by atoms with Gasteiger partial charge >= 0.3 is 0 Å². The normalized spacial score (nSPS) is 12.4. The molecule has 0 aliphatic heterocycles. The first-order valence-corrected chi connectivity index (χ1v) is 6.22. The SMILES string of the molecule is C[C@@H](N)c1cc(F)ccc1OCCc1nccn1C. The molecule has 0 aliphatic carbocycles. The molecule has 5 heteroatoms. The quantitative estimate of drug-likeness (QED) is 0.899. The fraction of sp³-hybridized carbons (Fsp3) is 0.357. The first kappa shape index (κ1) is 13.5. The fourth-order valence-electron chi connectivity index (χ4n) is 1.90. The van der Waals surface area contributed by atoms with Crippen molar-refractivity contribution in [2.45, 2.75) is 19.4 Å². The molecular weight excluding hydrogens is 245 g/mol. The summed E-state index contributed by atoms with van der Waals surface area (Å²) in [7, 11) is 1.94. The topological polar surface area (TPSA) is 53.1 Å². The van der Waals surface area contributed by atoms with Crippen molar-refractivity contribution >= 4 is 0 Å². The van der Waals surface area contributed by atoms with E-state index in [1.807, 2.05) is 17.8 Å². The molecule has 2 N–H and O–H groups in total. The number of nitrogens with zero attached hydrogens (tertiary/aromatic N) is 2. The summed E-state index contributed by atoms with van der Waals surface area (Å²) >= 11 is 0. The Morgan fingerprint density at radius 1 is 1.47 bits per heavy atom. The summed E-state index contributed by atoms with van der Waals surface area (Å²) in [5.41, 5.74) is 6.49. The second-order valence-electron chi connectivity index (χ2n) is 4.52. The Morgan fingerprint density at radius 2 is 2.26 bits per heavy atom. The third-order valence-electron chi connectivity index (χ3n) is 2.97. The van der Waals surface area contributed by atoms with Crippen LogP contribution in [0.15, 0.2) is 30.6 Å². The molecule has 0 amide bonds. The number of rotatable bonds is 5. The zero-order valence-electron chi connectivity index (χ0n) is 11.1. The second kappa shape index (κ2) is 5.84. The van der Waals surface area contributed by atoms with Gasteiger partial charge in [0.25, 0.3) is 0 Å². The Labute approximate surface area is 112 Å². The molecule has 102 valence electrons. The lowest BCUT2D eigenvalue weighted by molar-refractivity contribution is 0.312. The third-order valence-corrected chi connectivity index (χ3v) is 2.97. The van der Waals surface area contributed by atoms with Crippen molar-refractivity contribution in [2.24, 2.45) is 12.8 Å². The van der Waals surface area contributed by atoms with E-state index in [1.54, 1.807) is 19.2 Å². The van der Waals surface area contributed by atoms with Crippen LogP contribution < -0.4 is 10.5 Å². The van der Waals surface area contributed by atoms with Crippen molar-refractivity contribution in [3.8, 4) is 5.75 Å². The molecule has 0 radical (unpaired) electrons. The lowest BCUT2D eigenvalue weighted by atomic mass is 10.1. The van der Waals surface area contributed by atoms with Crippen LogP contribution >= 0.6 is 0 Å². The maximum absolute atomic E-state index is 13.2. The molecule has 0 fully saturated rings. The van der Waals surface area contributed by atoms with Gasteiger partial charge in [-0.05, 0) is 25.1 Å². The zero-order valence-corrected chi connectivity index (χ0v) is 11.1. The Balaban J connectivity index is 2.01. The van der Waals surface area contributed by atoms with E-state index in [2.05, 4.69) is 4.98 Å². The molecule has 1 atom stereocenters. The fourth-order valence-corrected chi connectivity index (χ4v) is 1.90. The molecule has 1 aromatic heterocycles. The van der Waals surface area contributed by atoms with Crippen LogP contribution in [0.3, 0.4) is 0 Å². The van der Waals surface area contributed by atoms with Gasteiger partial charge in [-0.2, -0.15) is 0 Å². The van der Waals surface area contributed by atoms with Gasteiger partial charge in [0.1, 0.15) is 17.4 Å². The van der Waals surface area contributed by atoms with Crippen LogP contribution in [0.2, 0.25) is 0 Å². The minimum atomic E-state index is -0.302. The Kier molecular flexibility index (Phi) is 4.16. The van der Waals surface area contributed by atoms with Crippen LogP contribution in [0, 0.1) is 5.82 Å². The number of halogens is 1. The van der Waals surface area contributed by atoms with E-state index in [4.69, 9.17) is 10.5 Å². The van der Waals surface area contributed by atoms with Crippen molar-refractivity contribution in [1.82, 2.24) is 9.55 Å². The van der Waals surface area contributed by atoms with Crippen LogP contribution in [0.25, 0.3) is 0 Å². The van der Waals surface area contributed by atoms with Crippen molar-refractivity contribution < 1.29 is 9.13 Å². The van der Waals surface area contributed by atoms with Crippen LogP contribution in [-0.4, -0.2) is 16.2 Å². The highest BCUT2D eigenvalue weighted by Gasteiger charge is 2.10. The minimum absolute atomic E-state index is 0.265. The Bertz CT molecular complexity index is 551. The van der Waals surface area contributed by atoms with Gasteiger partial charge in [-0.15, -0.1) is 0 Å². The maximum atomic E-state index is 13.2. The van der Waals surface area contributed by atoms with E-state index < -0.39 is 0 Å². The highest BCUT2D eigenvalue weighted by atomic mass is 19.1. The summed E-state index contributed by atoms with van der Waals surface area (Å²) in [6, 6.07) is 4.15. The van der Waals surface area contributed by atoms with Crippen LogP contribution in [0.4, 0.5) is 4.39 Å². The summed E-state index contributed by atoms with van der Waals surface area (Å²) in [5, 5.41) is 0. The number of ether oxygens (including phenoxy) is 1. The van der Waals surface area contributed by atoms with Crippen molar-refractivity contribution in [3.63, 3.8) is 0 Å². The van der Waals surface area contributed by atoms with Gasteiger partial charge in [0.2, 0.25) is 0 Å². The Hall–Kier alpha value is -1.88. The molecule has 0 aliphatic rings.